The summed E-state index contributed by atoms with van der Waals surface area (Å²) >= 11 is 1.19. The van der Waals surface area contributed by atoms with E-state index in [0.29, 0.717) is 40.7 Å². The monoisotopic (exact) mass is 322 g/mol. The van der Waals surface area contributed by atoms with Gasteiger partial charge in [0.25, 0.3) is 5.91 Å². The molecule has 0 spiro atoms. The second-order valence-corrected chi connectivity index (χ2v) is 6.47. The number of hydrogen-bond acceptors (Lipinski definition) is 3. The number of hydrogen-bond donors (Lipinski definition) is 0. The van der Waals surface area contributed by atoms with E-state index in [0.717, 1.165) is 0 Å². The zero-order chi connectivity index (χ0) is 15.7. The lowest BCUT2D eigenvalue weighted by atomic mass is 10.1. The summed E-state index contributed by atoms with van der Waals surface area (Å²) in [6.07, 6.45) is 0.695. The predicted molar refractivity (Wildman–Crippen MR) is 82.2 cm³/mol. The normalized spacial score (nSPS) is 18.0. The van der Waals surface area contributed by atoms with Gasteiger partial charge in [0.05, 0.1) is 12.4 Å². The first-order valence-corrected chi connectivity index (χ1v) is 7.99. The van der Waals surface area contributed by atoms with Crippen LogP contribution in [0.5, 0.6) is 0 Å². The topological polar surface area (TPSA) is 33.2 Å². The first-order chi connectivity index (χ1) is 10.6. The Labute approximate surface area is 131 Å². The van der Waals surface area contributed by atoms with Gasteiger partial charge in [-0.1, -0.05) is 12.1 Å². The van der Waals surface area contributed by atoms with Gasteiger partial charge in [-0.3, -0.25) is 9.18 Å². The molecular formula is C16H16F2N2OS. The summed E-state index contributed by atoms with van der Waals surface area (Å²) in [5.74, 6) is -0.550. The van der Waals surface area contributed by atoms with E-state index in [9.17, 15) is 13.6 Å². The fraction of sp³-hybridized carbons (Fsp3) is 0.375. The van der Waals surface area contributed by atoms with Gasteiger partial charge in [0, 0.05) is 24.6 Å². The standard InChI is InChI=1S/C16H16F2N2OS/c1-10-14(16(21)20-7-6-11(8-17)9-20)22-15(19-10)12-4-2-3-5-13(12)18/h2-5,11H,6-9H2,1H3. The summed E-state index contributed by atoms with van der Waals surface area (Å²) in [4.78, 5) is 19.0. The average molecular weight is 322 g/mol. The van der Waals surface area contributed by atoms with Crippen molar-refractivity contribution in [2.75, 3.05) is 19.8 Å². The maximum atomic E-state index is 13.8. The Bertz CT molecular complexity index is 701. The van der Waals surface area contributed by atoms with Crippen LogP contribution in [0.4, 0.5) is 8.78 Å². The minimum atomic E-state index is -0.397. The van der Waals surface area contributed by atoms with Crippen LogP contribution in [0.15, 0.2) is 24.3 Å². The van der Waals surface area contributed by atoms with E-state index in [1.165, 1.54) is 17.4 Å². The second kappa shape index (κ2) is 6.12. The first-order valence-electron chi connectivity index (χ1n) is 7.17. The maximum absolute atomic E-state index is 13.8. The van der Waals surface area contributed by atoms with Crippen molar-refractivity contribution in [3.05, 3.63) is 40.7 Å². The Hall–Kier alpha value is -1.82. The highest BCUT2D eigenvalue weighted by molar-refractivity contribution is 7.17. The van der Waals surface area contributed by atoms with Crippen molar-refractivity contribution in [3.8, 4) is 10.6 Å². The second-order valence-electron chi connectivity index (χ2n) is 5.47. The van der Waals surface area contributed by atoms with Crippen molar-refractivity contribution in [3.63, 3.8) is 0 Å². The zero-order valence-electron chi connectivity index (χ0n) is 12.2. The Balaban J connectivity index is 1.87. The molecular weight excluding hydrogens is 306 g/mol. The molecule has 116 valence electrons. The smallest absolute Gasteiger partial charge is 0.265 e. The molecule has 0 bridgehead atoms. The number of carbonyl (C=O) groups is 1. The highest BCUT2D eigenvalue weighted by Gasteiger charge is 2.29. The Morgan fingerprint density at radius 2 is 2.23 bits per heavy atom. The molecule has 0 radical (unpaired) electrons. The molecule has 1 aliphatic heterocycles. The molecule has 3 nitrogen and oxygen atoms in total. The van der Waals surface area contributed by atoms with Crippen LogP contribution in [0, 0.1) is 18.7 Å². The summed E-state index contributed by atoms with van der Waals surface area (Å²) in [5, 5.41) is 0.500. The van der Waals surface area contributed by atoms with Gasteiger partial charge in [-0.05, 0) is 25.5 Å². The number of alkyl halides is 1. The molecule has 1 aliphatic rings. The van der Waals surface area contributed by atoms with Crippen LogP contribution in [0.1, 0.15) is 21.8 Å². The number of halogens is 2. The fourth-order valence-corrected chi connectivity index (χ4v) is 3.69. The van der Waals surface area contributed by atoms with Crippen molar-refractivity contribution in [1.29, 1.82) is 0 Å². The molecule has 1 aromatic carbocycles. The lowest BCUT2D eigenvalue weighted by Gasteiger charge is -2.14. The lowest BCUT2D eigenvalue weighted by Crippen LogP contribution is -2.28. The third kappa shape index (κ3) is 2.75. The minimum absolute atomic E-state index is 0.0665. The molecule has 0 aliphatic carbocycles. The molecule has 22 heavy (non-hydrogen) atoms. The summed E-state index contributed by atoms with van der Waals surface area (Å²) in [6.45, 7) is 2.37. The van der Waals surface area contributed by atoms with Gasteiger partial charge in [0.1, 0.15) is 15.7 Å². The number of benzene rings is 1. The minimum Gasteiger partial charge on any atom is -0.338 e. The third-order valence-electron chi connectivity index (χ3n) is 3.89. The Morgan fingerprint density at radius 3 is 2.91 bits per heavy atom. The van der Waals surface area contributed by atoms with E-state index in [1.807, 2.05) is 0 Å². The number of aromatic nitrogens is 1. The van der Waals surface area contributed by atoms with E-state index in [1.54, 1.807) is 30.0 Å². The third-order valence-corrected chi connectivity index (χ3v) is 5.07. The van der Waals surface area contributed by atoms with Gasteiger partial charge in [-0.25, -0.2) is 9.37 Å². The van der Waals surface area contributed by atoms with Crippen LogP contribution in [-0.2, 0) is 0 Å². The van der Waals surface area contributed by atoms with Crippen molar-refractivity contribution in [1.82, 2.24) is 9.88 Å². The highest BCUT2D eigenvalue weighted by Crippen LogP contribution is 2.31. The molecule has 3 rings (SSSR count). The largest absolute Gasteiger partial charge is 0.338 e. The van der Waals surface area contributed by atoms with Gasteiger partial charge in [-0.2, -0.15) is 0 Å². The average Bonchev–Trinajstić information content (AvgIpc) is 3.13. The number of thiazole rings is 1. The molecule has 6 heteroatoms. The van der Waals surface area contributed by atoms with Crippen LogP contribution in [0.2, 0.25) is 0 Å². The molecule has 1 unspecified atom stereocenters. The van der Waals surface area contributed by atoms with Gasteiger partial charge < -0.3 is 4.90 Å². The van der Waals surface area contributed by atoms with Crippen molar-refractivity contribution >= 4 is 17.2 Å². The van der Waals surface area contributed by atoms with Crippen molar-refractivity contribution in [2.45, 2.75) is 13.3 Å². The summed E-state index contributed by atoms with van der Waals surface area (Å²) in [6, 6.07) is 6.38. The lowest BCUT2D eigenvalue weighted by molar-refractivity contribution is 0.0789. The van der Waals surface area contributed by atoms with Crippen LogP contribution in [0.25, 0.3) is 10.6 Å². The molecule has 0 saturated carbocycles. The van der Waals surface area contributed by atoms with Gasteiger partial charge in [0.2, 0.25) is 0 Å². The quantitative estimate of drug-likeness (QED) is 0.863. The van der Waals surface area contributed by atoms with E-state index in [-0.39, 0.29) is 17.6 Å². The molecule has 0 N–H and O–H groups in total. The van der Waals surface area contributed by atoms with E-state index in [2.05, 4.69) is 4.98 Å². The molecule has 1 amide bonds. The van der Waals surface area contributed by atoms with Crippen molar-refractivity contribution < 1.29 is 13.6 Å². The Kier molecular flexibility index (Phi) is 4.20. The van der Waals surface area contributed by atoms with Crippen molar-refractivity contribution in [2.24, 2.45) is 5.92 Å². The van der Waals surface area contributed by atoms with Gasteiger partial charge in [0.15, 0.2) is 0 Å². The van der Waals surface area contributed by atoms with Gasteiger partial charge in [-0.15, -0.1) is 11.3 Å². The maximum Gasteiger partial charge on any atom is 0.265 e. The predicted octanol–water partition coefficient (Wildman–Crippen LogP) is 3.69. The number of aryl methyl sites for hydroxylation is 1. The molecule has 2 aromatic rings. The zero-order valence-corrected chi connectivity index (χ0v) is 13.0. The number of likely N-dealkylation sites (tertiary alicyclic amines) is 1. The molecule has 1 saturated heterocycles. The molecule has 1 atom stereocenters. The van der Waals surface area contributed by atoms with E-state index >= 15 is 0 Å². The summed E-state index contributed by atoms with van der Waals surface area (Å²) in [7, 11) is 0. The van der Waals surface area contributed by atoms with Crippen LogP contribution in [0.3, 0.4) is 0 Å². The van der Waals surface area contributed by atoms with E-state index in [4.69, 9.17) is 0 Å². The summed E-state index contributed by atoms with van der Waals surface area (Å²) in [5.41, 5.74) is 0.995. The molecule has 2 heterocycles. The van der Waals surface area contributed by atoms with Crippen LogP contribution < -0.4 is 0 Å². The number of nitrogens with zero attached hydrogens (tertiary/aromatic N) is 2. The van der Waals surface area contributed by atoms with Gasteiger partial charge >= 0.3 is 0 Å². The van der Waals surface area contributed by atoms with Crippen LogP contribution in [-0.4, -0.2) is 35.6 Å². The number of amides is 1. The summed E-state index contributed by atoms with van der Waals surface area (Å²) < 4.78 is 26.5. The Morgan fingerprint density at radius 1 is 1.45 bits per heavy atom. The first kappa shape index (κ1) is 15.1. The van der Waals surface area contributed by atoms with Crippen LogP contribution >= 0.6 is 11.3 Å². The number of rotatable bonds is 3. The SMILES string of the molecule is Cc1nc(-c2ccccc2F)sc1C(=O)N1CCC(CF)C1. The molecule has 1 aromatic heterocycles. The molecule has 1 fully saturated rings. The fourth-order valence-electron chi connectivity index (χ4n) is 2.63. The highest BCUT2D eigenvalue weighted by atomic mass is 32.1. The number of carbonyl (C=O) groups excluding carboxylic acids is 1. The van der Waals surface area contributed by atoms with E-state index < -0.39 is 6.67 Å².